The Balaban J connectivity index is 1.36. The Morgan fingerprint density at radius 1 is 1.06 bits per heavy atom. The van der Waals surface area contributed by atoms with E-state index < -0.39 is 11.7 Å². The van der Waals surface area contributed by atoms with Crippen molar-refractivity contribution in [2.45, 2.75) is 43.7 Å². The van der Waals surface area contributed by atoms with Gasteiger partial charge in [0, 0.05) is 42.5 Å². The second-order valence-electron chi connectivity index (χ2n) is 9.77. The van der Waals surface area contributed by atoms with Gasteiger partial charge in [0.2, 0.25) is 0 Å². The maximum absolute atomic E-state index is 12.8. The second-order valence-corrected chi connectivity index (χ2v) is 10.2. The van der Waals surface area contributed by atoms with Crippen molar-refractivity contribution in [3.63, 3.8) is 0 Å². The normalized spacial score (nSPS) is 21.6. The number of piperidine rings is 1. The van der Waals surface area contributed by atoms with E-state index in [2.05, 4.69) is 17.0 Å². The first kappa shape index (κ1) is 25.3. The summed E-state index contributed by atoms with van der Waals surface area (Å²) in [6, 6.07) is 13.3. The lowest BCUT2D eigenvalue weighted by Gasteiger charge is -2.50. The molecule has 0 radical (unpaired) electrons. The summed E-state index contributed by atoms with van der Waals surface area (Å²) in [5.74, 6) is 1.23. The van der Waals surface area contributed by atoms with E-state index in [0.29, 0.717) is 30.8 Å². The quantitative estimate of drug-likeness (QED) is 0.380. The van der Waals surface area contributed by atoms with Gasteiger partial charge in [-0.1, -0.05) is 30.2 Å². The molecule has 1 aliphatic carbocycles. The van der Waals surface area contributed by atoms with E-state index in [1.165, 1.54) is 24.1 Å². The first-order chi connectivity index (χ1) is 16.3. The van der Waals surface area contributed by atoms with Crippen LogP contribution in [0.2, 0.25) is 5.02 Å². The predicted octanol–water partition coefficient (Wildman–Crippen LogP) is 6.83. The predicted molar refractivity (Wildman–Crippen MR) is 128 cm³/mol. The first-order valence-electron chi connectivity index (χ1n) is 12.1. The highest BCUT2D eigenvalue weighted by Gasteiger charge is 2.46. The zero-order valence-corrected chi connectivity index (χ0v) is 20.4. The number of halogens is 4. The standard InChI is InChI=1S/C27H33ClF3NO2/c1-33-19-23(26(13-3-14-26)21-5-9-24(28)10-6-21)17-32-15-2-4-20(16-32)18-34-25-11-7-22(8-12-25)27(29,30)31/h5-12,20,23H,2-4,13-19H2,1H3/t20?,23-/m0/s1. The van der Waals surface area contributed by atoms with Crippen LogP contribution in [0, 0.1) is 11.8 Å². The molecular formula is C27H33ClF3NO2. The number of nitrogens with zero attached hydrogens (tertiary/aromatic N) is 1. The van der Waals surface area contributed by atoms with E-state index in [9.17, 15) is 13.2 Å². The lowest BCUT2D eigenvalue weighted by Crippen LogP contribution is -2.50. The van der Waals surface area contributed by atoms with Crippen LogP contribution in [-0.4, -0.2) is 44.9 Å². The van der Waals surface area contributed by atoms with Crippen molar-refractivity contribution in [2.75, 3.05) is 40.0 Å². The molecule has 2 fully saturated rings. The summed E-state index contributed by atoms with van der Waals surface area (Å²) in [7, 11) is 1.78. The number of alkyl halides is 3. The number of hydrogen-bond acceptors (Lipinski definition) is 3. The Morgan fingerprint density at radius 3 is 2.35 bits per heavy atom. The Bertz CT molecular complexity index is 913. The van der Waals surface area contributed by atoms with Gasteiger partial charge in [-0.25, -0.2) is 0 Å². The van der Waals surface area contributed by atoms with Crippen LogP contribution in [0.25, 0.3) is 0 Å². The third kappa shape index (κ3) is 5.89. The van der Waals surface area contributed by atoms with Gasteiger partial charge in [-0.3, -0.25) is 0 Å². The van der Waals surface area contributed by atoms with E-state index in [1.807, 2.05) is 12.1 Å². The third-order valence-corrected chi connectivity index (χ3v) is 7.82. The molecular weight excluding hydrogens is 463 g/mol. The fourth-order valence-corrected chi connectivity index (χ4v) is 5.71. The van der Waals surface area contributed by atoms with Crippen LogP contribution < -0.4 is 4.74 Å². The number of methoxy groups -OCH3 is 1. The van der Waals surface area contributed by atoms with E-state index >= 15 is 0 Å². The minimum Gasteiger partial charge on any atom is -0.493 e. The van der Waals surface area contributed by atoms with Crippen LogP contribution in [0.5, 0.6) is 5.75 Å². The Morgan fingerprint density at radius 2 is 1.76 bits per heavy atom. The van der Waals surface area contributed by atoms with Crippen molar-refractivity contribution >= 4 is 11.6 Å². The molecule has 3 nitrogen and oxygen atoms in total. The molecule has 2 aromatic carbocycles. The average molecular weight is 496 g/mol. The summed E-state index contributed by atoms with van der Waals surface area (Å²) in [5, 5.41) is 0.758. The molecule has 2 atom stereocenters. The molecule has 1 heterocycles. The molecule has 1 saturated heterocycles. The molecule has 1 unspecified atom stereocenters. The second kappa shape index (κ2) is 10.9. The molecule has 2 aliphatic rings. The molecule has 4 rings (SSSR count). The monoisotopic (exact) mass is 495 g/mol. The zero-order valence-electron chi connectivity index (χ0n) is 19.6. The molecule has 0 amide bonds. The summed E-state index contributed by atoms with van der Waals surface area (Å²) in [6.45, 7) is 4.17. The Kier molecular flexibility index (Phi) is 8.11. The summed E-state index contributed by atoms with van der Waals surface area (Å²) in [5.41, 5.74) is 0.826. The minimum absolute atomic E-state index is 0.129. The molecule has 0 aromatic heterocycles. The van der Waals surface area contributed by atoms with E-state index in [4.69, 9.17) is 21.1 Å². The molecule has 0 spiro atoms. The van der Waals surface area contributed by atoms with Gasteiger partial charge in [-0.05, 0) is 74.2 Å². The SMILES string of the molecule is COC[C@H](CN1CCCC(COc2ccc(C(F)(F)F)cc2)C1)C1(c2ccc(Cl)cc2)CCC1. The molecule has 1 aliphatic heterocycles. The highest BCUT2D eigenvalue weighted by Crippen LogP contribution is 2.50. The lowest BCUT2D eigenvalue weighted by atomic mass is 9.57. The van der Waals surface area contributed by atoms with Crippen LogP contribution in [0.15, 0.2) is 48.5 Å². The van der Waals surface area contributed by atoms with Gasteiger partial charge >= 0.3 is 6.18 Å². The summed E-state index contributed by atoms with van der Waals surface area (Å²) >= 11 is 6.14. The van der Waals surface area contributed by atoms with E-state index in [0.717, 1.165) is 62.5 Å². The Hall–Kier alpha value is -1.76. The van der Waals surface area contributed by atoms with Crippen LogP contribution in [0.4, 0.5) is 13.2 Å². The van der Waals surface area contributed by atoms with Gasteiger partial charge < -0.3 is 14.4 Å². The maximum atomic E-state index is 12.8. The summed E-state index contributed by atoms with van der Waals surface area (Å²) in [4.78, 5) is 2.52. The number of rotatable bonds is 9. The van der Waals surface area contributed by atoms with Gasteiger partial charge in [0.15, 0.2) is 0 Å². The van der Waals surface area contributed by atoms with Crippen LogP contribution in [0.1, 0.15) is 43.2 Å². The van der Waals surface area contributed by atoms with Crippen molar-refractivity contribution in [1.82, 2.24) is 4.90 Å². The minimum atomic E-state index is -4.33. The Labute approximate surface area is 205 Å². The number of likely N-dealkylation sites (tertiary alicyclic amines) is 1. The number of hydrogen-bond donors (Lipinski definition) is 0. The van der Waals surface area contributed by atoms with Crippen molar-refractivity contribution in [2.24, 2.45) is 11.8 Å². The molecule has 0 bridgehead atoms. The molecule has 7 heteroatoms. The molecule has 0 N–H and O–H groups in total. The fourth-order valence-electron chi connectivity index (χ4n) is 5.58. The van der Waals surface area contributed by atoms with Gasteiger partial charge in [0.1, 0.15) is 5.75 Å². The highest BCUT2D eigenvalue weighted by molar-refractivity contribution is 6.30. The summed E-state index contributed by atoms with van der Waals surface area (Å²) < 4.78 is 49.9. The van der Waals surface area contributed by atoms with Gasteiger partial charge in [-0.2, -0.15) is 13.2 Å². The maximum Gasteiger partial charge on any atom is 0.416 e. The van der Waals surface area contributed by atoms with Crippen molar-refractivity contribution in [3.05, 3.63) is 64.7 Å². The highest BCUT2D eigenvalue weighted by atomic mass is 35.5. The number of ether oxygens (including phenoxy) is 2. The van der Waals surface area contributed by atoms with Crippen LogP contribution in [0.3, 0.4) is 0 Å². The van der Waals surface area contributed by atoms with Crippen molar-refractivity contribution < 1.29 is 22.6 Å². The number of benzene rings is 2. The third-order valence-electron chi connectivity index (χ3n) is 7.56. The lowest BCUT2D eigenvalue weighted by molar-refractivity contribution is -0.137. The molecule has 34 heavy (non-hydrogen) atoms. The molecule has 2 aromatic rings. The smallest absolute Gasteiger partial charge is 0.416 e. The topological polar surface area (TPSA) is 21.7 Å². The van der Waals surface area contributed by atoms with E-state index in [1.54, 1.807) is 7.11 Å². The summed E-state index contributed by atoms with van der Waals surface area (Å²) in [6.07, 6.45) is 1.38. The largest absolute Gasteiger partial charge is 0.493 e. The van der Waals surface area contributed by atoms with E-state index in [-0.39, 0.29) is 5.41 Å². The zero-order chi connectivity index (χ0) is 24.2. The van der Waals surface area contributed by atoms with Gasteiger partial charge in [0.05, 0.1) is 18.8 Å². The van der Waals surface area contributed by atoms with Crippen molar-refractivity contribution in [3.8, 4) is 5.75 Å². The van der Waals surface area contributed by atoms with Gasteiger partial charge in [-0.15, -0.1) is 0 Å². The van der Waals surface area contributed by atoms with Gasteiger partial charge in [0.25, 0.3) is 0 Å². The van der Waals surface area contributed by atoms with Crippen LogP contribution in [-0.2, 0) is 16.3 Å². The molecule has 1 saturated carbocycles. The first-order valence-corrected chi connectivity index (χ1v) is 12.5. The van der Waals surface area contributed by atoms with Crippen LogP contribution >= 0.6 is 11.6 Å². The van der Waals surface area contributed by atoms with Crippen molar-refractivity contribution in [1.29, 1.82) is 0 Å². The fraction of sp³-hybridized carbons (Fsp3) is 0.556. The average Bonchev–Trinajstić information content (AvgIpc) is 2.78. The molecule has 186 valence electrons.